The molecule has 0 bridgehead atoms. The Balaban J connectivity index is 1.34. The lowest BCUT2D eigenvalue weighted by Crippen LogP contribution is -2.29. The van der Waals surface area contributed by atoms with E-state index in [0.29, 0.717) is 30.6 Å². The second-order valence-corrected chi connectivity index (χ2v) is 9.09. The predicted molar refractivity (Wildman–Crippen MR) is 142 cm³/mol. The van der Waals surface area contributed by atoms with Gasteiger partial charge in [0.2, 0.25) is 5.91 Å². The minimum atomic E-state index is -0.0320. The van der Waals surface area contributed by atoms with Crippen molar-refractivity contribution in [1.29, 1.82) is 5.26 Å². The summed E-state index contributed by atoms with van der Waals surface area (Å²) < 4.78 is 7.01. The van der Waals surface area contributed by atoms with Crippen molar-refractivity contribution in [3.63, 3.8) is 0 Å². The average molecular weight is 493 g/mol. The molecule has 0 radical (unpaired) electrons. The van der Waals surface area contributed by atoms with Gasteiger partial charge in [0.15, 0.2) is 5.65 Å². The summed E-state index contributed by atoms with van der Waals surface area (Å²) in [6.07, 6.45) is 4.41. The van der Waals surface area contributed by atoms with Crippen LogP contribution in [0.15, 0.2) is 60.9 Å². The Morgan fingerprint density at radius 1 is 1.19 bits per heavy atom. The minimum absolute atomic E-state index is 0.0269. The molecule has 186 valence electrons. The van der Waals surface area contributed by atoms with E-state index in [1.165, 1.54) is 6.20 Å². The number of methoxy groups -OCH3 is 1. The first-order valence-electron chi connectivity index (χ1n) is 12.2. The SMILES string of the molecule is COc1ccc(C(CNC(=O)CCc2c(C)nc3c(C#N)cnn3c2C)c2c[nH]c3ccccc23)cc1. The Labute approximate surface area is 214 Å². The number of carbonyl (C=O) groups is 1. The topological polar surface area (TPSA) is 108 Å². The highest BCUT2D eigenvalue weighted by molar-refractivity contribution is 5.84. The number of H-pyrrole nitrogens is 1. The van der Waals surface area contributed by atoms with Crippen LogP contribution in [0.5, 0.6) is 5.75 Å². The number of nitrogens with zero attached hydrogens (tertiary/aromatic N) is 4. The first-order chi connectivity index (χ1) is 18.0. The number of fused-ring (bicyclic) bond motifs is 2. The zero-order valence-electron chi connectivity index (χ0n) is 21.1. The van der Waals surface area contributed by atoms with Crippen LogP contribution in [-0.2, 0) is 11.2 Å². The van der Waals surface area contributed by atoms with Crippen LogP contribution in [0, 0.1) is 25.2 Å². The number of rotatable bonds is 8. The van der Waals surface area contributed by atoms with Gasteiger partial charge in [-0.3, -0.25) is 4.79 Å². The van der Waals surface area contributed by atoms with Crippen LogP contribution < -0.4 is 10.1 Å². The molecule has 0 saturated carbocycles. The van der Waals surface area contributed by atoms with E-state index in [2.05, 4.69) is 38.6 Å². The highest BCUT2D eigenvalue weighted by Crippen LogP contribution is 2.31. The number of aryl methyl sites for hydroxylation is 2. The van der Waals surface area contributed by atoms with Gasteiger partial charge in [-0.05, 0) is 55.2 Å². The van der Waals surface area contributed by atoms with Crippen molar-refractivity contribution in [3.05, 3.63) is 94.6 Å². The lowest BCUT2D eigenvalue weighted by atomic mass is 9.90. The molecule has 1 amide bonds. The first-order valence-corrected chi connectivity index (χ1v) is 12.2. The van der Waals surface area contributed by atoms with E-state index in [0.717, 1.165) is 44.7 Å². The van der Waals surface area contributed by atoms with Gasteiger partial charge in [0.05, 0.1) is 13.3 Å². The highest BCUT2D eigenvalue weighted by Gasteiger charge is 2.20. The molecule has 0 fully saturated rings. The molecule has 3 heterocycles. The number of nitriles is 1. The number of amides is 1. The molecule has 0 saturated heterocycles. The molecular formula is C29H28N6O2. The van der Waals surface area contributed by atoms with E-state index in [4.69, 9.17) is 4.74 Å². The number of benzene rings is 2. The molecular weight excluding hydrogens is 464 g/mol. The number of para-hydroxylation sites is 1. The number of ether oxygens (including phenoxy) is 1. The van der Waals surface area contributed by atoms with Crippen molar-refractivity contribution < 1.29 is 9.53 Å². The van der Waals surface area contributed by atoms with Crippen LogP contribution in [0.3, 0.4) is 0 Å². The monoisotopic (exact) mass is 492 g/mol. The van der Waals surface area contributed by atoms with Crippen LogP contribution in [0.2, 0.25) is 0 Å². The maximum absolute atomic E-state index is 13.0. The van der Waals surface area contributed by atoms with Gasteiger partial charge >= 0.3 is 0 Å². The van der Waals surface area contributed by atoms with Crippen LogP contribution in [0.25, 0.3) is 16.6 Å². The first kappa shape index (κ1) is 24.1. The van der Waals surface area contributed by atoms with Gasteiger partial charge in [-0.1, -0.05) is 30.3 Å². The number of nitrogens with one attached hydrogen (secondary N) is 2. The molecule has 1 unspecified atom stereocenters. The Hall–Kier alpha value is -4.64. The Kier molecular flexibility index (Phi) is 6.60. The van der Waals surface area contributed by atoms with E-state index in [1.54, 1.807) is 11.6 Å². The lowest BCUT2D eigenvalue weighted by molar-refractivity contribution is -0.121. The van der Waals surface area contributed by atoms with Gasteiger partial charge < -0.3 is 15.0 Å². The molecule has 0 aliphatic rings. The maximum Gasteiger partial charge on any atom is 0.220 e. The molecule has 2 aromatic carbocycles. The van der Waals surface area contributed by atoms with Crippen LogP contribution in [0.1, 0.15) is 46.0 Å². The molecule has 3 aromatic heterocycles. The zero-order valence-corrected chi connectivity index (χ0v) is 21.1. The van der Waals surface area contributed by atoms with Crippen LogP contribution in [-0.4, -0.2) is 39.1 Å². The fraction of sp³-hybridized carbons (Fsp3) is 0.241. The molecule has 1 atom stereocenters. The molecule has 37 heavy (non-hydrogen) atoms. The van der Waals surface area contributed by atoms with Crippen molar-refractivity contribution in [2.75, 3.05) is 13.7 Å². The molecule has 8 heteroatoms. The average Bonchev–Trinajstić information content (AvgIpc) is 3.53. The quantitative estimate of drug-likeness (QED) is 0.329. The predicted octanol–water partition coefficient (Wildman–Crippen LogP) is 4.59. The molecule has 8 nitrogen and oxygen atoms in total. The summed E-state index contributed by atoms with van der Waals surface area (Å²) in [6, 6.07) is 18.3. The van der Waals surface area contributed by atoms with E-state index < -0.39 is 0 Å². The Bertz CT molecular complexity index is 1620. The number of hydrogen-bond donors (Lipinski definition) is 2. The number of carbonyl (C=O) groups excluding carboxylic acids is 1. The van der Waals surface area contributed by atoms with Crippen molar-refractivity contribution in [2.24, 2.45) is 0 Å². The highest BCUT2D eigenvalue weighted by atomic mass is 16.5. The minimum Gasteiger partial charge on any atom is -0.497 e. The standard InChI is InChI=1S/C29H28N6O2/c1-18-23(19(2)35-29(34-18)21(14-30)15-33-35)12-13-28(36)32-16-25(20-8-10-22(37-3)11-9-20)26-17-31-27-7-5-4-6-24(26)27/h4-11,15,17,25,31H,12-13,16H2,1-3H3,(H,32,36). The molecule has 5 aromatic rings. The summed E-state index contributed by atoms with van der Waals surface area (Å²) in [4.78, 5) is 20.9. The third-order valence-electron chi connectivity index (χ3n) is 6.95. The normalized spacial score (nSPS) is 11.9. The zero-order chi connectivity index (χ0) is 25.9. The Morgan fingerprint density at radius 2 is 1.97 bits per heavy atom. The smallest absolute Gasteiger partial charge is 0.220 e. The molecule has 2 N–H and O–H groups in total. The van der Waals surface area contributed by atoms with Crippen LogP contribution in [0.4, 0.5) is 0 Å². The molecule has 0 spiro atoms. The second-order valence-electron chi connectivity index (χ2n) is 9.09. The third-order valence-corrected chi connectivity index (χ3v) is 6.95. The van der Waals surface area contributed by atoms with E-state index in [1.807, 2.05) is 56.4 Å². The summed E-state index contributed by atoms with van der Waals surface area (Å²) in [6.45, 7) is 4.32. The lowest BCUT2D eigenvalue weighted by Gasteiger charge is -2.19. The van der Waals surface area contributed by atoms with Gasteiger partial charge in [-0.25, -0.2) is 9.50 Å². The molecule has 0 aliphatic heterocycles. The summed E-state index contributed by atoms with van der Waals surface area (Å²) in [5.41, 5.74) is 6.96. The summed E-state index contributed by atoms with van der Waals surface area (Å²) in [5, 5.41) is 17.9. The van der Waals surface area contributed by atoms with Crippen molar-refractivity contribution >= 4 is 22.5 Å². The second kappa shape index (κ2) is 10.2. The fourth-order valence-electron chi connectivity index (χ4n) is 4.92. The van der Waals surface area contributed by atoms with Gasteiger partial charge in [-0.15, -0.1) is 0 Å². The largest absolute Gasteiger partial charge is 0.497 e. The van der Waals surface area contributed by atoms with E-state index in [9.17, 15) is 10.1 Å². The summed E-state index contributed by atoms with van der Waals surface area (Å²) >= 11 is 0. The number of aromatic amines is 1. The molecule has 0 aliphatic carbocycles. The van der Waals surface area contributed by atoms with E-state index >= 15 is 0 Å². The maximum atomic E-state index is 13.0. The van der Waals surface area contributed by atoms with E-state index in [-0.39, 0.29) is 11.8 Å². The van der Waals surface area contributed by atoms with Crippen molar-refractivity contribution in [2.45, 2.75) is 32.6 Å². The third kappa shape index (κ3) is 4.64. The van der Waals surface area contributed by atoms with Crippen molar-refractivity contribution in [1.82, 2.24) is 24.9 Å². The van der Waals surface area contributed by atoms with Crippen LogP contribution >= 0.6 is 0 Å². The summed E-state index contributed by atoms with van der Waals surface area (Å²) in [5.74, 6) is 0.734. The summed E-state index contributed by atoms with van der Waals surface area (Å²) in [7, 11) is 1.65. The van der Waals surface area contributed by atoms with Crippen molar-refractivity contribution in [3.8, 4) is 11.8 Å². The number of hydrogen-bond acceptors (Lipinski definition) is 5. The molecule has 5 rings (SSSR count). The van der Waals surface area contributed by atoms with Gasteiger partial charge in [0, 0.05) is 47.4 Å². The van der Waals surface area contributed by atoms with Gasteiger partial charge in [0.1, 0.15) is 17.4 Å². The van der Waals surface area contributed by atoms with Gasteiger partial charge in [0.25, 0.3) is 0 Å². The Morgan fingerprint density at radius 3 is 2.73 bits per heavy atom. The number of aromatic nitrogens is 4. The fourth-order valence-corrected chi connectivity index (χ4v) is 4.92. The van der Waals surface area contributed by atoms with Gasteiger partial charge in [-0.2, -0.15) is 10.4 Å².